The summed E-state index contributed by atoms with van der Waals surface area (Å²) in [5.74, 6) is -0.796. The van der Waals surface area contributed by atoms with Gasteiger partial charge in [0.1, 0.15) is 11.6 Å². The maximum absolute atomic E-state index is 12.6. The number of benzene rings is 1. The fourth-order valence-corrected chi connectivity index (χ4v) is 1.28. The van der Waals surface area contributed by atoms with E-state index in [0.717, 1.165) is 18.9 Å². The molecule has 1 aromatic carbocycles. The molecule has 0 aliphatic heterocycles. The molecule has 0 radical (unpaired) electrons. The average molecular weight is 180 g/mol. The van der Waals surface area contributed by atoms with Gasteiger partial charge in [0.05, 0.1) is 5.56 Å². The van der Waals surface area contributed by atoms with Gasteiger partial charge in [0.25, 0.3) is 0 Å². The van der Waals surface area contributed by atoms with Gasteiger partial charge < -0.3 is 5.11 Å². The minimum absolute atomic E-state index is 0.0522. The molecule has 2 rings (SSSR count). The second-order valence-corrected chi connectivity index (χ2v) is 3.30. The van der Waals surface area contributed by atoms with Gasteiger partial charge in [0.15, 0.2) is 5.78 Å². The summed E-state index contributed by atoms with van der Waals surface area (Å²) in [6.45, 7) is 0. The normalized spacial score (nSPS) is 15.8. The monoisotopic (exact) mass is 180 g/mol. The van der Waals surface area contributed by atoms with E-state index in [2.05, 4.69) is 0 Å². The summed E-state index contributed by atoms with van der Waals surface area (Å²) in [6, 6.07) is 3.50. The predicted octanol–water partition coefficient (Wildman–Crippen LogP) is 2.12. The second-order valence-electron chi connectivity index (χ2n) is 3.30. The molecule has 2 nitrogen and oxygen atoms in total. The van der Waals surface area contributed by atoms with Gasteiger partial charge in [0.2, 0.25) is 0 Å². The van der Waals surface area contributed by atoms with Gasteiger partial charge in [-0.1, -0.05) is 0 Å². The van der Waals surface area contributed by atoms with Crippen molar-refractivity contribution < 1.29 is 14.3 Å². The summed E-state index contributed by atoms with van der Waals surface area (Å²) in [6.07, 6.45) is 1.77. The minimum Gasteiger partial charge on any atom is -0.507 e. The number of hydrogen-bond acceptors (Lipinski definition) is 2. The number of phenols is 1. The molecule has 3 heteroatoms. The van der Waals surface area contributed by atoms with Crippen LogP contribution in [0.4, 0.5) is 4.39 Å². The largest absolute Gasteiger partial charge is 0.507 e. The zero-order valence-corrected chi connectivity index (χ0v) is 6.96. The van der Waals surface area contributed by atoms with Crippen LogP contribution in [0.25, 0.3) is 0 Å². The van der Waals surface area contributed by atoms with Crippen LogP contribution in [0.15, 0.2) is 18.2 Å². The molecule has 1 N–H and O–H groups in total. The highest BCUT2D eigenvalue weighted by Gasteiger charge is 2.31. The zero-order valence-electron chi connectivity index (χ0n) is 6.96. The van der Waals surface area contributed by atoms with E-state index in [-0.39, 0.29) is 23.0 Å². The lowest BCUT2D eigenvalue weighted by molar-refractivity contribution is 0.0965. The molecular weight excluding hydrogens is 171 g/mol. The molecule has 68 valence electrons. The number of rotatable bonds is 2. The molecule has 1 saturated carbocycles. The molecule has 0 bridgehead atoms. The summed E-state index contributed by atoms with van der Waals surface area (Å²) in [5, 5.41) is 9.28. The van der Waals surface area contributed by atoms with Gasteiger partial charge >= 0.3 is 0 Å². The Labute approximate surface area is 75.0 Å². The number of carbonyl (C=O) groups is 1. The highest BCUT2D eigenvalue weighted by Crippen LogP contribution is 2.34. The highest BCUT2D eigenvalue weighted by molar-refractivity contribution is 6.01. The molecule has 0 amide bonds. The third-order valence-corrected chi connectivity index (χ3v) is 2.17. The van der Waals surface area contributed by atoms with Crippen LogP contribution in [-0.4, -0.2) is 10.9 Å². The lowest BCUT2D eigenvalue weighted by atomic mass is 10.1. The molecule has 13 heavy (non-hydrogen) atoms. The molecule has 1 aliphatic rings. The van der Waals surface area contributed by atoms with Gasteiger partial charge in [0, 0.05) is 12.0 Å². The number of hydrogen-bond donors (Lipinski definition) is 1. The van der Waals surface area contributed by atoms with Gasteiger partial charge in [-0.05, 0) is 25.0 Å². The van der Waals surface area contributed by atoms with E-state index in [1.54, 1.807) is 0 Å². The van der Waals surface area contributed by atoms with Crippen molar-refractivity contribution in [3.63, 3.8) is 0 Å². The van der Waals surface area contributed by atoms with Crippen LogP contribution in [0.2, 0.25) is 0 Å². The van der Waals surface area contributed by atoms with Crippen LogP contribution in [0, 0.1) is 11.7 Å². The fourth-order valence-electron chi connectivity index (χ4n) is 1.28. The number of carbonyl (C=O) groups excluding carboxylic acids is 1. The van der Waals surface area contributed by atoms with E-state index < -0.39 is 5.82 Å². The lowest BCUT2D eigenvalue weighted by Gasteiger charge is -2.01. The Hall–Kier alpha value is -1.38. The maximum atomic E-state index is 12.6. The number of ketones is 1. The van der Waals surface area contributed by atoms with Crippen molar-refractivity contribution in [1.82, 2.24) is 0 Å². The number of aromatic hydroxyl groups is 1. The Morgan fingerprint density at radius 1 is 1.46 bits per heavy atom. The Morgan fingerprint density at radius 2 is 2.15 bits per heavy atom. The SMILES string of the molecule is O=C(c1ccc(F)cc1O)C1CC1. The molecule has 0 heterocycles. The molecule has 1 aliphatic carbocycles. The van der Waals surface area contributed by atoms with Crippen LogP contribution in [-0.2, 0) is 0 Å². The number of phenolic OH excluding ortho intramolecular Hbond substituents is 1. The highest BCUT2D eigenvalue weighted by atomic mass is 19.1. The molecule has 0 aromatic heterocycles. The van der Waals surface area contributed by atoms with Gasteiger partial charge in [-0.15, -0.1) is 0 Å². The fraction of sp³-hybridized carbons (Fsp3) is 0.300. The van der Waals surface area contributed by atoms with Crippen LogP contribution in [0.1, 0.15) is 23.2 Å². The molecule has 0 spiro atoms. The predicted molar refractivity (Wildman–Crippen MR) is 45.1 cm³/mol. The molecule has 1 aromatic rings. The first-order valence-corrected chi connectivity index (χ1v) is 4.21. The molecule has 1 fully saturated rings. The molecule has 0 atom stereocenters. The molecule has 0 unspecified atom stereocenters. The summed E-state index contributed by atoms with van der Waals surface area (Å²) in [4.78, 5) is 11.5. The van der Waals surface area contributed by atoms with Crippen molar-refractivity contribution in [3.8, 4) is 5.75 Å². The van der Waals surface area contributed by atoms with E-state index >= 15 is 0 Å². The Bertz CT molecular complexity index is 356. The van der Waals surface area contributed by atoms with Crippen molar-refractivity contribution in [2.45, 2.75) is 12.8 Å². The minimum atomic E-state index is -0.523. The van der Waals surface area contributed by atoms with E-state index in [0.29, 0.717) is 0 Å². The van der Waals surface area contributed by atoms with E-state index in [1.165, 1.54) is 12.1 Å². The quantitative estimate of drug-likeness (QED) is 0.708. The first-order valence-electron chi connectivity index (χ1n) is 4.21. The maximum Gasteiger partial charge on any atom is 0.169 e. The summed E-state index contributed by atoms with van der Waals surface area (Å²) in [7, 11) is 0. The third-order valence-electron chi connectivity index (χ3n) is 2.17. The van der Waals surface area contributed by atoms with Crippen LogP contribution in [0.5, 0.6) is 5.75 Å². The topological polar surface area (TPSA) is 37.3 Å². The number of halogens is 1. The van der Waals surface area contributed by atoms with Crippen LogP contribution >= 0.6 is 0 Å². The van der Waals surface area contributed by atoms with Crippen molar-refractivity contribution in [2.24, 2.45) is 5.92 Å². The van der Waals surface area contributed by atoms with Crippen LogP contribution < -0.4 is 0 Å². The lowest BCUT2D eigenvalue weighted by Crippen LogP contribution is -2.01. The molecule has 0 saturated heterocycles. The van der Waals surface area contributed by atoms with Gasteiger partial charge in [-0.2, -0.15) is 0 Å². The van der Waals surface area contributed by atoms with Gasteiger partial charge in [-0.25, -0.2) is 4.39 Å². The average Bonchev–Trinajstić information content (AvgIpc) is 2.85. The molecular formula is C10H9FO2. The number of Topliss-reactive ketones (excluding diaryl/α,β-unsaturated/α-hetero) is 1. The van der Waals surface area contributed by atoms with Gasteiger partial charge in [-0.3, -0.25) is 4.79 Å². The summed E-state index contributed by atoms with van der Waals surface area (Å²) >= 11 is 0. The van der Waals surface area contributed by atoms with Crippen LogP contribution in [0.3, 0.4) is 0 Å². The van der Waals surface area contributed by atoms with Crippen molar-refractivity contribution in [3.05, 3.63) is 29.6 Å². The van der Waals surface area contributed by atoms with Crippen molar-refractivity contribution in [1.29, 1.82) is 0 Å². The second kappa shape index (κ2) is 2.83. The summed E-state index contributed by atoms with van der Waals surface area (Å²) in [5.41, 5.74) is 0.240. The van der Waals surface area contributed by atoms with Crippen molar-refractivity contribution >= 4 is 5.78 Å². The smallest absolute Gasteiger partial charge is 0.169 e. The zero-order chi connectivity index (χ0) is 9.42. The standard InChI is InChI=1S/C10H9FO2/c11-7-3-4-8(9(12)5-7)10(13)6-1-2-6/h3-6,12H,1-2H2. The van der Waals surface area contributed by atoms with E-state index in [1.807, 2.05) is 0 Å². The Morgan fingerprint density at radius 3 is 2.69 bits per heavy atom. The van der Waals surface area contributed by atoms with E-state index in [9.17, 15) is 14.3 Å². The first-order chi connectivity index (χ1) is 6.18. The Kier molecular flexibility index (Phi) is 1.79. The summed E-state index contributed by atoms with van der Waals surface area (Å²) < 4.78 is 12.6. The van der Waals surface area contributed by atoms with Crippen molar-refractivity contribution in [2.75, 3.05) is 0 Å². The third kappa shape index (κ3) is 1.54. The first kappa shape index (κ1) is 8.23. The van der Waals surface area contributed by atoms with E-state index in [4.69, 9.17) is 0 Å². The Balaban J connectivity index is 2.33.